The van der Waals surface area contributed by atoms with E-state index in [9.17, 15) is 4.79 Å². The number of rotatable bonds is 6. The van der Waals surface area contributed by atoms with Gasteiger partial charge in [-0.1, -0.05) is 24.3 Å². The minimum atomic E-state index is -0.298. The summed E-state index contributed by atoms with van der Waals surface area (Å²) in [7, 11) is 0. The molecule has 0 spiro atoms. The minimum Gasteiger partial charge on any atom is -0.462 e. The molecule has 0 radical (unpaired) electrons. The predicted octanol–water partition coefficient (Wildman–Crippen LogP) is 4.56. The summed E-state index contributed by atoms with van der Waals surface area (Å²) in [6.07, 6.45) is 5.78. The Morgan fingerprint density at radius 3 is 2.87 bits per heavy atom. The van der Waals surface area contributed by atoms with Crippen molar-refractivity contribution in [2.45, 2.75) is 46.1 Å². The highest BCUT2D eigenvalue weighted by atomic mass is 32.1. The van der Waals surface area contributed by atoms with Crippen molar-refractivity contribution in [3.05, 3.63) is 57.7 Å². The predicted molar refractivity (Wildman–Crippen MR) is 127 cm³/mol. The van der Waals surface area contributed by atoms with E-state index in [1.807, 2.05) is 19.1 Å². The van der Waals surface area contributed by atoms with Gasteiger partial charge in [0.1, 0.15) is 11.3 Å². The Kier molecular flexibility index (Phi) is 6.62. The van der Waals surface area contributed by atoms with E-state index in [0.717, 1.165) is 36.2 Å². The quantitative estimate of drug-likeness (QED) is 0.416. The fourth-order valence-corrected chi connectivity index (χ4v) is 5.24. The number of carbonyl (C=O) groups is 1. The molecule has 3 aromatic rings. The molecule has 0 atom stereocenters. The fourth-order valence-electron chi connectivity index (χ4n) is 3.70. The van der Waals surface area contributed by atoms with Crippen molar-refractivity contribution >= 4 is 45.6 Å². The first-order valence-electron chi connectivity index (χ1n) is 10.4. The van der Waals surface area contributed by atoms with Crippen LogP contribution in [0.25, 0.3) is 0 Å². The van der Waals surface area contributed by atoms with Crippen LogP contribution in [0, 0.1) is 6.92 Å². The number of nitrogens with zero attached hydrogens (tertiary/aromatic N) is 3. The number of thiophene rings is 1. The Morgan fingerprint density at radius 1 is 1.26 bits per heavy atom. The molecule has 31 heavy (non-hydrogen) atoms. The molecule has 0 unspecified atom stereocenters. The van der Waals surface area contributed by atoms with E-state index in [1.165, 1.54) is 16.0 Å². The van der Waals surface area contributed by atoms with E-state index in [1.54, 1.807) is 22.3 Å². The van der Waals surface area contributed by atoms with Gasteiger partial charge in [0.25, 0.3) is 0 Å². The molecule has 2 N–H and O–H groups in total. The topological polar surface area (TPSA) is 81.1 Å². The Bertz CT molecular complexity index is 1110. The van der Waals surface area contributed by atoms with E-state index >= 15 is 0 Å². The third-order valence-corrected chi connectivity index (χ3v) is 6.64. The molecular weight excluding hydrogens is 430 g/mol. The highest BCUT2D eigenvalue weighted by Crippen LogP contribution is 2.38. The van der Waals surface area contributed by atoms with E-state index in [4.69, 9.17) is 17.0 Å². The second-order valence-corrected chi connectivity index (χ2v) is 8.92. The van der Waals surface area contributed by atoms with Gasteiger partial charge in [-0.25, -0.2) is 14.5 Å². The fraction of sp³-hybridized carbons (Fsp3) is 0.364. The second kappa shape index (κ2) is 9.57. The van der Waals surface area contributed by atoms with Crippen LogP contribution in [-0.4, -0.2) is 32.5 Å². The molecule has 4 rings (SSSR count). The van der Waals surface area contributed by atoms with Crippen LogP contribution in [0.2, 0.25) is 0 Å². The third kappa shape index (κ3) is 4.94. The van der Waals surface area contributed by atoms with Crippen molar-refractivity contribution in [2.75, 3.05) is 17.2 Å². The molecule has 7 nitrogen and oxygen atoms in total. The summed E-state index contributed by atoms with van der Waals surface area (Å²) in [5, 5.41) is 11.7. The summed E-state index contributed by atoms with van der Waals surface area (Å²) in [4.78, 5) is 18.1. The standard InChI is InChI=1S/C22H25N5O2S2/c1-3-29-20(28)18-16-10-6-7-11-17(16)31-19(18)24-22(30)25-21-23-13-27(26-21)12-15-9-5-4-8-14(15)2/h4-5,8-9,13H,3,6-7,10-12H2,1-2H3,(H2,24,25,26,30). The number of ether oxygens (including phenoxy) is 1. The van der Waals surface area contributed by atoms with Crippen molar-refractivity contribution < 1.29 is 9.53 Å². The van der Waals surface area contributed by atoms with Crippen molar-refractivity contribution in [3.8, 4) is 0 Å². The molecule has 0 bridgehead atoms. The number of benzene rings is 1. The molecule has 1 aliphatic carbocycles. The maximum absolute atomic E-state index is 12.6. The molecule has 162 valence electrons. The van der Waals surface area contributed by atoms with Gasteiger partial charge in [-0.3, -0.25) is 5.32 Å². The Hall–Kier alpha value is -2.78. The van der Waals surface area contributed by atoms with Crippen LogP contribution in [0.3, 0.4) is 0 Å². The number of aromatic nitrogens is 3. The normalized spacial score (nSPS) is 12.8. The number of esters is 1. The minimum absolute atomic E-state index is 0.298. The maximum Gasteiger partial charge on any atom is 0.341 e. The third-order valence-electron chi connectivity index (χ3n) is 5.23. The monoisotopic (exact) mass is 455 g/mol. The van der Waals surface area contributed by atoms with Crippen LogP contribution < -0.4 is 10.6 Å². The lowest BCUT2D eigenvalue weighted by Crippen LogP contribution is -2.21. The van der Waals surface area contributed by atoms with E-state index in [2.05, 4.69) is 39.8 Å². The molecule has 1 aromatic carbocycles. The van der Waals surface area contributed by atoms with E-state index < -0.39 is 0 Å². The lowest BCUT2D eigenvalue weighted by Gasteiger charge is -2.12. The lowest BCUT2D eigenvalue weighted by atomic mass is 9.95. The Labute approximate surface area is 190 Å². The maximum atomic E-state index is 12.6. The highest BCUT2D eigenvalue weighted by Gasteiger charge is 2.26. The zero-order valence-electron chi connectivity index (χ0n) is 17.6. The van der Waals surface area contributed by atoms with Crippen LogP contribution in [0.5, 0.6) is 0 Å². The molecule has 0 saturated carbocycles. The SMILES string of the molecule is CCOC(=O)c1c(NC(=S)Nc2ncn(Cc3ccccc3C)n2)sc2c1CCCC2. The smallest absolute Gasteiger partial charge is 0.341 e. The molecule has 0 saturated heterocycles. The van der Waals surface area contributed by atoms with E-state index in [0.29, 0.717) is 29.8 Å². The zero-order chi connectivity index (χ0) is 21.8. The molecule has 0 aliphatic heterocycles. The van der Waals surface area contributed by atoms with Crippen LogP contribution in [0.15, 0.2) is 30.6 Å². The summed E-state index contributed by atoms with van der Waals surface area (Å²) in [5.41, 5.74) is 4.10. The first-order valence-corrected chi connectivity index (χ1v) is 11.6. The lowest BCUT2D eigenvalue weighted by molar-refractivity contribution is 0.0526. The number of carbonyl (C=O) groups excluding carboxylic acids is 1. The van der Waals surface area contributed by atoms with Gasteiger partial charge in [0, 0.05) is 4.88 Å². The first-order chi connectivity index (χ1) is 15.0. The number of hydrogen-bond acceptors (Lipinski definition) is 6. The van der Waals surface area contributed by atoms with Gasteiger partial charge in [0.05, 0.1) is 18.7 Å². The van der Waals surface area contributed by atoms with Crippen LogP contribution in [0.4, 0.5) is 10.9 Å². The Morgan fingerprint density at radius 2 is 2.06 bits per heavy atom. The van der Waals surface area contributed by atoms with Gasteiger partial charge in [-0.15, -0.1) is 16.4 Å². The number of nitrogens with one attached hydrogen (secondary N) is 2. The molecule has 9 heteroatoms. The van der Waals surface area contributed by atoms with E-state index in [-0.39, 0.29) is 5.97 Å². The largest absolute Gasteiger partial charge is 0.462 e. The van der Waals surface area contributed by atoms with Gasteiger partial charge >= 0.3 is 5.97 Å². The summed E-state index contributed by atoms with van der Waals surface area (Å²) in [5.74, 6) is 0.109. The number of fused-ring (bicyclic) bond motifs is 1. The Balaban J connectivity index is 1.46. The van der Waals surface area contributed by atoms with Crippen molar-refractivity contribution in [1.82, 2.24) is 14.8 Å². The van der Waals surface area contributed by atoms with Crippen LogP contribution in [0.1, 0.15) is 51.7 Å². The molecule has 0 fully saturated rings. The van der Waals surface area contributed by atoms with Gasteiger partial charge in [-0.2, -0.15) is 0 Å². The number of hydrogen-bond donors (Lipinski definition) is 2. The van der Waals surface area contributed by atoms with Crippen molar-refractivity contribution in [2.24, 2.45) is 0 Å². The second-order valence-electron chi connectivity index (χ2n) is 7.41. The number of thiocarbonyl (C=S) groups is 1. The highest BCUT2D eigenvalue weighted by molar-refractivity contribution is 7.80. The van der Waals surface area contributed by atoms with Gasteiger partial charge in [0.15, 0.2) is 5.11 Å². The molecular formula is C22H25N5O2S2. The molecule has 0 amide bonds. The summed E-state index contributed by atoms with van der Waals surface area (Å²) < 4.78 is 7.06. The van der Waals surface area contributed by atoms with Crippen molar-refractivity contribution in [3.63, 3.8) is 0 Å². The van der Waals surface area contributed by atoms with Crippen LogP contribution in [-0.2, 0) is 24.1 Å². The van der Waals surface area contributed by atoms with Gasteiger partial charge in [-0.05, 0) is 68.4 Å². The summed E-state index contributed by atoms with van der Waals surface area (Å²) in [6.45, 7) is 4.86. The molecule has 1 aliphatic rings. The summed E-state index contributed by atoms with van der Waals surface area (Å²) in [6, 6.07) is 8.18. The molecule has 2 heterocycles. The zero-order valence-corrected chi connectivity index (χ0v) is 19.2. The van der Waals surface area contributed by atoms with Gasteiger partial charge < -0.3 is 10.1 Å². The number of aryl methyl sites for hydroxylation is 2. The first kappa shape index (κ1) is 21.5. The average molecular weight is 456 g/mol. The van der Waals surface area contributed by atoms with Gasteiger partial charge in [0.2, 0.25) is 5.95 Å². The van der Waals surface area contributed by atoms with Crippen LogP contribution >= 0.6 is 23.6 Å². The van der Waals surface area contributed by atoms with Crippen molar-refractivity contribution in [1.29, 1.82) is 0 Å². The molecule has 2 aromatic heterocycles. The summed E-state index contributed by atoms with van der Waals surface area (Å²) >= 11 is 7.05. The number of anilines is 2. The average Bonchev–Trinajstić information content (AvgIpc) is 3.33.